The first-order chi connectivity index (χ1) is 9.55. The molecule has 0 radical (unpaired) electrons. The Balaban J connectivity index is 2.39. The van der Waals surface area contributed by atoms with Crippen molar-refractivity contribution < 1.29 is 14.6 Å². The van der Waals surface area contributed by atoms with Crippen molar-refractivity contribution in [1.29, 1.82) is 0 Å². The number of likely N-dealkylation sites (N-methyl/N-ethyl adjacent to an activating group) is 1. The Hall–Kier alpha value is -1.26. The lowest BCUT2D eigenvalue weighted by Gasteiger charge is -2.41. The molecule has 1 aromatic rings. The highest BCUT2D eigenvalue weighted by Gasteiger charge is 2.44. The second kappa shape index (κ2) is 6.02. The molecule has 1 unspecified atom stereocenters. The summed E-state index contributed by atoms with van der Waals surface area (Å²) >= 11 is 0. The maximum Gasteiger partial charge on any atom is 0.128 e. The van der Waals surface area contributed by atoms with E-state index in [2.05, 4.69) is 4.90 Å². The SMILES string of the molecule is COc1ccc(C(O)C2(N(C)C)CCCC2)c(OC)c1. The highest BCUT2D eigenvalue weighted by molar-refractivity contribution is 5.43. The van der Waals surface area contributed by atoms with Crippen LogP contribution in [0.3, 0.4) is 0 Å². The topological polar surface area (TPSA) is 41.9 Å². The van der Waals surface area contributed by atoms with Crippen LogP contribution < -0.4 is 9.47 Å². The molecule has 1 saturated carbocycles. The lowest BCUT2D eigenvalue weighted by Crippen LogP contribution is -2.47. The third kappa shape index (κ3) is 2.50. The predicted octanol–water partition coefficient (Wildman–Crippen LogP) is 2.61. The molecule has 0 amide bonds. The summed E-state index contributed by atoms with van der Waals surface area (Å²) in [7, 11) is 7.35. The van der Waals surface area contributed by atoms with Gasteiger partial charge in [-0.2, -0.15) is 0 Å². The minimum Gasteiger partial charge on any atom is -0.497 e. The van der Waals surface area contributed by atoms with Crippen molar-refractivity contribution in [2.45, 2.75) is 37.3 Å². The molecule has 0 heterocycles. The van der Waals surface area contributed by atoms with E-state index in [1.165, 1.54) is 0 Å². The molecular weight excluding hydrogens is 254 g/mol. The number of aliphatic hydroxyl groups is 1. The molecule has 1 aliphatic carbocycles. The lowest BCUT2D eigenvalue weighted by molar-refractivity contribution is -0.00600. The van der Waals surface area contributed by atoms with Gasteiger partial charge in [0, 0.05) is 11.6 Å². The van der Waals surface area contributed by atoms with Crippen LogP contribution in [0.2, 0.25) is 0 Å². The van der Waals surface area contributed by atoms with Crippen molar-refractivity contribution in [1.82, 2.24) is 4.90 Å². The first-order valence-corrected chi connectivity index (χ1v) is 7.12. The molecule has 1 fully saturated rings. The number of ether oxygens (including phenoxy) is 2. The van der Waals surface area contributed by atoms with E-state index in [-0.39, 0.29) is 5.54 Å². The molecule has 2 rings (SSSR count). The van der Waals surface area contributed by atoms with Gasteiger partial charge < -0.3 is 19.5 Å². The zero-order valence-corrected chi connectivity index (χ0v) is 12.8. The molecule has 4 nitrogen and oxygen atoms in total. The molecule has 0 aliphatic heterocycles. The molecule has 1 atom stereocenters. The molecule has 0 saturated heterocycles. The number of hydrogen-bond donors (Lipinski definition) is 1. The zero-order valence-electron chi connectivity index (χ0n) is 12.8. The molecule has 20 heavy (non-hydrogen) atoms. The smallest absolute Gasteiger partial charge is 0.128 e. The molecular formula is C16H25NO3. The Labute approximate surface area is 121 Å². The fourth-order valence-corrected chi connectivity index (χ4v) is 3.29. The molecule has 0 bridgehead atoms. The fourth-order valence-electron chi connectivity index (χ4n) is 3.29. The second-order valence-electron chi connectivity index (χ2n) is 5.72. The van der Waals surface area contributed by atoms with Crippen molar-refractivity contribution in [3.8, 4) is 11.5 Å². The van der Waals surface area contributed by atoms with Crippen LogP contribution in [0.25, 0.3) is 0 Å². The second-order valence-corrected chi connectivity index (χ2v) is 5.72. The normalized spacial score (nSPS) is 19.1. The van der Waals surface area contributed by atoms with Gasteiger partial charge in [-0.15, -0.1) is 0 Å². The van der Waals surface area contributed by atoms with Gasteiger partial charge in [0.2, 0.25) is 0 Å². The van der Waals surface area contributed by atoms with Gasteiger partial charge in [-0.3, -0.25) is 0 Å². The summed E-state index contributed by atoms with van der Waals surface area (Å²) < 4.78 is 10.7. The highest BCUT2D eigenvalue weighted by atomic mass is 16.5. The van der Waals surface area contributed by atoms with Gasteiger partial charge in [0.1, 0.15) is 17.6 Å². The van der Waals surface area contributed by atoms with Crippen molar-refractivity contribution in [2.24, 2.45) is 0 Å². The number of benzene rings is 1. The molecule has 4 heteroatoms. The fraction of sp³-hybridized carbons (Fsp3) is 0.625. The van der Waals surface area contributed by atoms with Gasteiger partial charge in [0.25, 0.3) is 0 Å². The molecule has 0 aromatic heterocycles. The Morgan fingerprint density at radius 2 is 1.80 bits per heavy atom. The van der Waals surface area contributed by atoms with E-state index in [9.17, 15) is 5.11 Å². The quantitative estimate of drug-likeness (QED) is 0.899. The van der Waals surface area contributed by atoms with Gasteiger partial charge in [0.05, 0.1) is 19.8 Å². The summed E-state index contributed by atoms with van der Waals surface area (Å²) in [6, 6.07) is 5.61. The number of aliphatic hydroxyl groups excluding tert-OH is 1. The summed E-state index contributed by atoms with van der Waals surface area (Å²) in [5, 5.41) is 11.0. The largest absolute Gasteiger partial charge is 0.497 e. The number of methoxy groups -OCH3 is 2. The predicted molar refractivity (Wildman–Crippen MR) is 79.4 cm³/mol. The first kappa shape index (κ1) is 15.1. The van der Waals surface area contributed by atoms with E-state index in [1.54, 1.807) is 14.2 Å². The van der Waals surface area contributed by atoms with Crippen LogP contribution >= 0.6 is 0 Å². The third-order valence-corrected chi connectivity index (χ3v) is 4.60. The van der Waals surface area contributed by atoms with Crippen LogP contribution in [0.15, 0.2) is 18.2 Å². The summed E-state index contributed by atoms with van der Waals surface area (Å²) in [6.45, 7) is 0. The van der Waals surface area contributed by atoms with Crippen LogP contribution in [-0.4, -0.2) is 43.9 Å². The van der Waals surface area contributed by atoms with Crippen molar-refractivity contribution in [3.05, 3.63) is 23.8 Å². The first-order valence-electron chi connectivity index (χ1n) is 7.12. The average molecular weight is 279 g/mol. The maximum absolute atomic E-state index is 11.0. The van der Waals surface area contributed by atoms with E-state index < -0.39 is 6.10 Å². The molecule has 1 aliphatic rings. The molecule has 0 spiro atoms. The minimum absolute atomic E-state index is 0.193. The van der Waals surface area contributed by atoms with Gasteiger partial charge in [-0.1, -0.05) is 12.8 Å². The Morgan fingerprint density at radius 1 is 1.15 bits per heavy atom. The van der Waals surface area contributed by atoms with Gasteiger partial charge in [0.15, 0.2) is 0 Å². The Kier molecular flexibility index (Phi) is 4.55. The van der Waals surface area contributed by atoms with Crippen LogP contribution in [0.4, 0.5) is 0 Å². The number of nitrogens with zero attached hydrogens (tertiary/aromatic N) is 1. The van der Waals surface area contributed by atoms with Crippen LogP contribution in [0.5, 0.6) is 11.5 Å². The molecule has 112 valence electrons. The zero-order chi connectivity index (χ0) is 14.8. The maximum atomic E-state index is 11.0. The van der Waals surface area contributed by atoms with Crippen LogP contribution in [0.1, 0.15) is 37.4 Å². The van der Waals surface area contributed by atoms with E-state index >= 15 is 0 Å². The summed E-state index contributed by atoms with van der Waals surface area (Å²) in [5.41, 5.74) is 0.644. The number of rotatable bonds is 5. The van der Waals surface area contributed by atoms with E-state index in [0.29, 0.717) is 5.75 Å². The third-order valence-electron chi connectivity index (χ3n) is 4.60. The van der Waals surface area contributed by atoms with Crippen molar-refractivity contribution in [3.63, 3.8) is 0 Å². The van der Waals surface area contributed by atoms with Gasteiger partial charge >= 0.3 is 0 Å². The number of hydrogen-bond acceptors (Lipinski definition) is 4. The van der Waals surface area contributed by atoms with Gasteiger partial charge in [-0.25, -0.2) is 0 Å². The standard InChI is InChI=1S/C16H25NO3/c1-17(2)16(9-5-6-10-16)15(18)13-8-7-12(19-3)11-14(13)20-4/h7-8,11,15,18H,5-6,9-10H2,1-4H3. The van der Waals surface area contributed by atoms with Crippen LogP contribution in [-0.2, 0) is 0 Å². The molecule has 1 N–H and O–H groups in total. The average Bonchev–Trinajstić information content (AvgIpc) is 2.96. The lowest BCUT2D eigenvalue weighted by atomic mass is 9.84. The van der Waals surface area contributed by atoms with Crippen LogP contribution in [0, 0.1) is 0 Å². The Bertz CT molecular complexity index is 453. The monoisotopic (exact) mass is 279 g/mol. The Morgan fingerprint density at radius 3 is 2.30 bits per heavy atom. The minimum atomic E-state index is -0.555. The molecule has 1 aromatic carbocycles. The van der Waals surface area contributed by atoms with E-state index in [0.717, 1.165) is 37.0 Å². The summed E-state index contributed by atoms with van der Waals surface area (Å²) in [6.07, 6.45) is 3.79. The highest BCUT2D eigenvalue weighted by Crippen LogP contribution is 2.45. The summed E-state index contributed by atoms with van der Waals surface area (Å²) in [5.74, 6) is 1.42. The van der Waals surface area contributed by atoms with E-state index in [1.807, 2.05) is 32.3 Å². The van der Waals surface area contributed by atoms with E-state index in [4.69, 9.17) is 9.47 Å². The van der Waals surface area contributed by atoms with Gasteiger partial charge in [-0.05, 0) is 39.1 Å². The summed E-state index contributed by atoms with van der Waals surface area (Å²) in [4.78, 5) is 2.16. The van der Waals surface area contributed by atoms with Crippen molar-refractivity contribution in [2.75, 3.05) is 28.3 Å². The van der Waals surface area contributed by atoms with Crippen molar-refractivity contribution >= 4 is 0 Å².